The standard InChI is InChI=1S/C52H68N2O11SSi/c1-12-15-39-48(64-50(60)61-32-36-20-23-38(24-21-36)62-46(57)18-14-29-54-44(55)27-28-45(54)56)34(3)17-13-16-33(2)19-25-41(37-22-26-42-40(30-37)53-35(4)66-42)63-47(58)31-43(52(8,9)49(39)59)65-67(10,11)51(5,6)7/h12,19-24,26-28,30,34,39,41,43,48H,1,13-18,25,29,31-32H2,2-11H3/b33-19+/t34-,39+,41-,43-,48-/m0/s1. The zero-order valence-electron chi connectivity index (χ0n) is 40.8. The molecule has 2 aliphatic rings. The number of benzene rings is 2. The van der Waals surface area contributed by atoms with Gasteiger partial charge in [0, 0.05) is 37.0 Å². The van der Waals surface area contributed by atoms with Gasteiger partial charge in [-0.1, -0.05) is 77.5 Å². The van der Waals surface area contributed by atoms with Crippen molar-refractivity contribution >= 4 is 65.6 Å². The summed E-state index contributed by atoms with van der Waals surface area (Å²) < 4.78 is 31.7. The number of carbonyl (C=O) groups is 6. The number of rotatable bonds is 13. The lowest BCUT2D eigenvalue weighted by Crippen LogP contribution is -2.53. The van der Waals surface area contributed by atoms with Crippen LogP contribution >= 0.6 is 11.3 Å². The second-order valence-corrected chi connectivity index (χ2v) is 25.9. The van der Waals surface area contributed by atoms with Gasteiger partial charge < -0.3 is 23.4 Å². The highest BCUT2D eigenvalue weighted by atomic mass is 32.1. The van der Waals surface area contributed by atoms with Crippen LogP contribution in [0.1, 0.15) is 122 Å². The minimum atomic E-state index is -2.60. The number of cyclic esters (lactones) is 1. The van der Waals surface area contributed by atoms with Crippen LogP contribution in [0, 0.1) is 24.2 Å². The van der Waals surface area contributed by atoms with Gasteiger partial charge in [0.15, 0.2) is 8.32 Å². The van der Waals surface area contributed by atoms with Crippen LogP contribution < -0.4 is 4.74 Å². The highest BCUT2D eigenvalue weighted by Gasteiger charge is 2.50. The van der Waals surface area contributed by atoms with Crippen molar-refractivity contribution in [2.24, 2.45) is 17.3 Å². The van der Waals surface area contributed by atoms with E-state index in [1.54, 1.807) is 55.5 Å². The first-order chi connectivity index (χ1) is 31.5. The lowest BCUT2D eigenvalue weighted by atomic mass is 9.71. The summed E-state index contributed by atoms with van der Waals surface area (Å²) in [5.41, 5.74) is 2.17. The number of hydrogen-bond donors (Lipinski definition) is 0. The molecule has 2 aliphatic heterocycles. The molecule has 13 nitrogen and oxygen atoms in total. The largest absolute Gasteiger partial charge is 0.508 e. The van der Waals surface area contributed by atoms with E-state index >= 15 is 4.79 Å². The summed E-state index contributed by atoms with van der Waals surface area (Å²) in [6.45, 7) is 24.1. The molecule has 3 heterocycles. The quantitative estimate of drug-likeness (QED) is 0.0524. The van der Waals surface area contributed by atoms with E-state index in [0.29, 0.717) is 18.4 Å². The molecule has 0 radical (unpaired) electrons. The number of carbonyl (C=O) groups excluding carboxylic acids is 6. The van der Waals surface area contributed by atoms with E-state index in [9.17, 15) is 24.0 Å². The number of thiazole rings is 1. The average molecular weight is 957 g/mol. The highest BCUT2D eigenvalue weighted by Crippen LogP contribution is 2.43. The summed E-state index contributed by atoms with van der Waals surface area (Å²) in [7, 11) is -2.60. The fourth-order valence-corrected chi connectivity index (χ4v) is 10.3. The summed E-state index contributed by atoms with van der Waals surface area (Å²) in [6.07, 6.45) is 5.73. The average Bonchev–Trinajstić information content (AvgIpc) is 3.80. The molecule has 15 heteroatoms. The first kappa shape index (κ1) is 52.7. The number of imide groups is 1. The minimum absolute atomic E-state index is 0.000731. The van der Waals surface area contributed by atoms with Gasteiger partial charge in [-0.05, 0) is 105 Å². The number of amides is 2. The summed E-state index contributed by atoms with van der Waals surface area (Å²) >= 11 is 1.61. The Morgan fingerprint density at radius 3 is 2.37 bits per heavy atom. The maximum absolute atomic E-state index is 15.3. The van der Waals surface area contributed by atoms with Gasteiger partial charge >= 0.3 is 18.1 Å². The second-order valence-electron chi connectivity index (χ2n) is 19.9. The summed E-state index contributed by atoms with van der Waals surface area (Å²) in [6, 6.07) is 12.4. The van der Waals surface area contributed by atoms with Crippen LogP contribution in [0.2, 0.25) is 18.1 Å². The number of allylic oxidation sites excluding steroid dienone is 2. The predicted octanol–water partition coefficient (Wildman–Crippen LogP) is 11.2. The molecule has 362 valence electrons. The Bertz CT molecular complexity index is 2340. The van der Waals surface area contributed by atoms with Gasteiger partial charge in [-0.25, -0.2) is 9.78 Å². The number of ketones is 1. The van der Waals surface area contributed by atoms with Crippen molar-refractivity contribution in [1.29, 1.82) is 0 Å². The number of fused-ring (bicyclic) bond motifs is 1. The van der Waals surface area contributed by atoms with E-state index in [-0.39, 0.29) is 61.3 Å². The number of nitrogens with zero attached hydrogens (tertiary/aromatic N) is 2. The predicted molar refractivity (Wildman–Crippen MR) is 261 cm³/mol. The molecule has 0 N–H and O–H groups in total. The fourth-order valence-electron chi connectivity index (χ4n) is 8.08. The van der Waals surface area contributed by atoms with Gasteiger partial charge in [0.05, 0.1) is 33.7 Å². The van der Waals surface area contributed by atoms with Crippen LogP contribution in [0.5, 0.6) is 5.75 Å². The van der Waals surface area contributed by atoms with Crippen LogP contribution in [-0.4, -0.2) is 72.6 Å². The van der Waals surface area contributed by atoms with Crippen molar-refractivity contribution in [1.82, 2.24) is 9.88 Å². The molecule has 2 aromatic carbocycles. The Labute approximate surface area is 400 Å². The van der Waals surface area contributed by atoms with Crippen molar-refractivity contribution in [3.05, 3.63) is 95.1 Å². The van der Waals surface area contributed by atoms with Crippen LogP contribution in [0.3, 0.4) is 0 Å². The first-order valence-corrected chi connectivity index (χ1v) is 26.9. The molecule has 0 fully saturated rings. The normalized spacial score (nSPS) is 23.1. The van der Waals surface area contributed by atoms with Gasteiger partial charge in [-0.3, -0.25) is 28.9 Å². The Hall–Kier alpha value is -5.25. The number of ether oxygens (including phenoxy) is 4. The Morgan fingerprint density at radius 2 is 1.72 bits per heavy atom. The molecule has 67 heavy (non-hydrogen) atoms. The van der Waals surface area contributed by atoms with Crippen LogP contribution in [0.25, 0.3) is 10.2 Å². The SMILES string of the molecule is C=CC[C@H]1C(=O)C(C)(C)[C@@H](O[Si](C)(C)C(C)(C)C)CC(=O)O[C@H](c2ccc3sc(C)nc3c2)C/C=C(\C)CCC[C@H](C)[C@@H]1OC(=O)OCc1ccc(OC(=O)CCCN2C(=O)C=CC2=O)cc1. The van der Waals surface area contributed by atoms with Gasteiger partial charge in [0.25, 0.3) is 11.8 Å². The lowest BCUT2D eigenvalue weighted by molar-refractivity contribution is -0.155. The molecular formula is C52H68N2O11SSi. The molecule has 0 spiro atoms. The number of aryl methyl sites for hydroxylation is 1. The Balaban J connectivity index is 1.35. The molecule has 1 aromatic heterocycles. The van der Waals surface area contributed by atoms with Crippen molar-refractivity contribution in [2.75, 3.05) is 6.54 Å². The van der Waals surface area contributed by atoms with E-state index in [4.69, 9.17) is 28.4 Å². The van der Waals surface area contributed by atoms with E-state index in [2.05, 4.69) is 53.4 Å². The van der Waals surface area contributed by atoms with Gasteiger partial charge in [-0.2, -0.15) is 0 Å². The second kappa shape index (κ2) is 22.7. The molecule has 5 atom stereocenters. The minimum Gasteiger partial charge on any atom is -0.457 e. The Kier molecular flexibility index (Phi) is 17.9. The number of aromatic nitrogens is 1. The topological polar surface area (TPSA) is 165 Å². The highest BCUT2D eigenvalue weighted by molar-refractivity contribution is 7.18. The van der Waals surface area contributed by atoms with Crippen molar-refractivity contribution in [2.45, 2.75) is 150 Å². The molecular weight excluding hydrogens is 889 g/mol. The van der Waals surface area contributed by atoms with Gasteiger partial charge in [0.1, 0.15) is 30.3 Å². The molecule has 0 saturated heterocycles. The zero-order chi connectivity index (χ0) is 49.3. The van der Waals surface area contributed by atoms with E-state index < -0.39 is 67.9 Å². The van der Waals surface area contributed by atoms with E-state index in [1.807, 2.05) is 32.0 Å². The number of hydrogen-bond acceptors (Lipinski definition) is 13. The first-order valence-electron chi connectivity index (χ1n) is 23.2. The monoisotopic (exact) mass is 956 g/mol. The molecule has 0 aliphatic carbocycles. The number of Topliss-reactive ketones (excluding diaryl/α,β-unsaturated/α-hetero) is 1. The van der Waals surface area contributed by atoms with E-state index in [0.717, 1.165) is 44.1 Å². The maximum atomic E-state index is 15.3. The lowest BCUT2D eigenvalue weighted by Gasteiger charge is -2.45. The van der Waals surface area contributed by atoms with Crippen LogP contribution in [0.4, 0.5) is 4.79 Å². The summed E-state index contributed by atoms with van der Waals surface area (Å²) in [4.78, 5) is 84.9. The van der Waals surface area contributed by atoms with Crippen molar-refractivity contribution in [3.8, 4) is 5.75 Å². The molecule has 0 bridgehead atoms. The molecule has 0 saturated carbocycles. The summed E-state index contributed by atoms with van der Waals surface area (Å²) in [5.74, 6) is -2.89. The summed E-state index contributed by atoms with van der Waals surface area (Å²) in [5, 5.41) is 0.709. The zero-order valence-corrected chi connectivity index (χ0v) is 42.6. The van der Waals surface area contributed by atoms with Gasteiger partial charge in [0.2, 0.25) is 0 Å². The number of esters is 2. The van der Waals surface area contributed by atoms with Crippen LogP contribution in [-0.2, 0) is 49.2 Å². The molecule has 2 amide bonds. The van der Waals surface area contributed by atoms with Crippen LogP contribution in [0.15, 0.2) is 78.9 Å². The molecule has 0 unspecified atom stereocenters. The third kappa shape index (κ3) is 14.1. The molecule has 3 aromatic rings. The van der Waals surface area contributed by atoms with E-state index in [1.165, 1.54) is 12.2 Å². The van der Waals surface area contributed by atoms with Gasteiger partial charge in [-0.15, -0.1) is 17.9 Å². The fraction of sp³-hybridized carbons (Fsp3) is 0.519. The van der Waals surface area contributed by atoms with Crippen molar-refractivity contribution < 1.29 is 52.1 Å². The smallest absolute Gasteiger partial charge is 0.457 e. The molecule has 5 rings (SSSR count). The van der Waals surface area contributed by atoms with Crippen molar-refractivity contribution in [3.63, 3.8) is 0 Å². The Morgan fingerprint density at radius 1 is 1.03 bits per heavy atom. The maximum Gasteiger partial charge on any atom is 0.508 e. The third-order valence-electron chi connectivity index (χ3n) is 13.2. The third-order valence-corrected chi connectivity index (χ3v) is 18.7.